The Labute approximate surface area is 136 Å². The second-order valence-electron chi connectivity index (χ2n) is 4.43. The quantitative estimate of drug-likeness (QED) is 0.468. The van der Waals surface area contributed by atoms with Crippen LogP contribution >= 0.6 is 15.9 Å². The summed E-state index contributed by atoms with van der Waals surface area (Å²) in [4.78, 5) is 0. The molecule has 0 unspecified atom stereocenters. The van der Waals surface area contributed by atoms with E-state index in [1.165, 1.54) is 18.3 Å². The zero-order chi connectivity index (χ0) is 15.9. The van der Waals surface area contributed by atoms with Gasteiger partial charge in [0.15, 0.2) is 11.5 Å². The van der Waals surface area contributed by atoms with Crippen molar-refractivity contribution in [2.24, 2.45) is 5.16 Å². The Balaban J connectivity index is 2.25. The van der Waals surface area contributed by atoms with Crippen molar-refractivity contribution in [1.82, 2.24) is 0 Å². The maximum Gasteiger partial charge on any atom is 0.175 e. The monoisotopic (exact) mass is 367 g/mol. The molecule has 0 atom stereocenters. The summed E-state index contributed by atoms with van der Waals surface area (Å²) in [6.45, 7) is 2.53. The second kappa shape index (κ2) is 7.79. The molecule has 2 aromatic carbocycles. The van der Waals surface area contributed by atoms with Gasteiger partial charge in [0.25, 0.3) is 0 Å². The zero-order valence-electron chi connectivity index (χ0n) is 11.9. The highest BCUT2D eigenvalue weighted by Gasteiger charge is 2.12. The Morgan fingerprint density at radius 2 is 2.09 bits per heavy atom. The van der Waals surface area contributed by atoms with Gasteiger partial charge in [-0.25, -0.2) is 4.39 Å². The highest BCUT2D eigenvalue weighted by Crippen LogP contribution is 2.37. The van der Waals surface area contributed by atoms with Crippen molar-refractivity contribution >= 4 is 22.1 Å². The van der Waals surface area contributed by atoms with Crippen LogP contribution in [0, 0.1) is 5.82 Å². The zero-order valence-corrected chi connectivity index (χ0v) is 13.5. The molecule has 0 aliphatic heterocycles. The van der Waals surface area contributed by atoms with Crippen LogP contribution in [0.2, 0.25) is 0 Å². The maximum atomic E-state index is 13.2. The molecule has 0 aliphatic rings. The SMILES string of the molecule is CCOc1cc(/C=N\O)cc(Br)c1OCc1cccc(F)c1. The fraction of sp³-hybridized carbons (Fsp3) is 0.188. The molecule has 4 nitrogen and oxygen atoms in total. The molecule has 2 rings (SSSR count). The Morgan fingerprint density at radius 1 is 1.27 bits per heavy atom. The average molecular weight is 368 g/mol. The third kappa shape index (κ3) is 4.21. The van der Waals surface area contributed by atoms with Crippen LogP contribution in [0.5, 0.6) is 11.5 Å². The molecule has 0 aliphatic carbocycles. The molecule has 0 aromatic heterocycles. The van der Waals surface area contributed by atoms with Crippen LogP contribution in [-0.2, 0) is 6.61 Å². The van der Waals surface area contributed by atoms with Crippen LogP contribution in [0.4, 0.5) is 4.39 Å². The topological polar surface area (TPSA) is 51.0 Å². The van der Waals surface area contributed by atoms with E-state index in [0.717, 1.165) is 5.56 Å². The van der Waals surface area contributed by atoms with Crippen molar-refractivity contribution in [3.63, 3.8) is 0 Å². The number of ether oxygens (including phenoxy) is 2. The van der Waals surface area contributed by atoms with Gasteiger partial charge in [-0.15, -0.1) is 0 Å². The average Bonchev–Trinajstić information content (AvgIpc) is 2.47. The number of nitrogens with zero attached hydrogens (tertiary/aromatic N) is 1. The van der Waals surface area contributed by atoms with Crippen molar-refractivity contribution in [3.05, 3.63) is 57.8 Å². The molecule has 0 saturated heterocycles. The van der Waals surface area contributed by atoms with E-state index < -0.39 is 0 Å². The van der Waals surface area contributed by atoms with Crippen molar-refractivity contribution in [1.29, 1.82) is 0 Å². The number of halogens is 2. The Kier molecular flexibility index (Phi) is 5.77. The fourth-order valence-electron chi connectivity index (χ4n) is 1.91. The third-order valence-electron chi connectivity index (χ3n) is 2.81. The van der Waals surface area contributed by atoms with E-state index in [4.69, 9.17) is 14.7 Å². The maximum absolute atomic E-state index is 13.2. The van der Waals surface area contributed by atoms with Gasteiger partial charge in [-0.3, -0.25) is 0 Å². The standard InChI is InChI=1S/C16H15BrFNO3/c1-2-21-15-8-12(9-19-20)7-14(17)16(15)22-10-11-4-3-5-13(18)6-11/h3-9,20H,2,10H2,1H3/b19-9-. The van der Waals surface area contributed by atoms with Gasteiger partial charge in [0.05, 0.1) is 17.3 Å². The van der Waals surface area contributed by atoms with Crippen LogP contribution in [0.1, 0.15) is 18.1 Å². The molecular weight excluding hydrogens is 353 g/mol. The van der Waals surface area contributed by atoms with Crippen molar-refractivity contribution < 1.29 is 19.1 Å². The summed E-state index contributed by atoms with van der Waals surface area (Å²) in [7, 11) is 0. The molecule has 2 aromatic rings. The normalized spacial score (nSPS) is 10.9. The van der Waals surface area contributed by atoms with Gasteiger partial charge >= 0.3 is 0 Å². The van der Waals surface area contributed by atoms with Crippen LogP contribution < -0.4 is 9.47 Å². The van der Waals surface area contributed by atoms with Gasteiger partial charge < -0.3 is 14.7 Å². The third-order valence-corrected chi connectivity index (χ3v) is 3.40. The van der Waals surface area contributed by atoms with E-state index in [9.17, 15) is 4.39 Å². The van der Waals surface area contributed by atoms with Gasteiger partial charge in [0.1, 0.15) is 12.4 Å². The first kappa shape index (κ1) is 16.3. The number of oxime groups is 1. The lowest BCUT2D eigenvalue weighted by Gasteiger charge is -2.14. The highest BCUT2D eigenvalue weighted by molar-refractivity contribution is 9.10. The molecule has 1 N–H and O–H groups in total. The summed E-state index contributed by atoms with van der Waals surface area (Å²) < 4.78 is 25.1. The lowest BCUT2D eigenvalue weighted by atomic mass is 10.2. The molecule has 116 valence electrons. The van der Waals surface area contributed by atoms with Gasteiger partial charge in [-0.05, 0) is 52.7 Å². The molecule has 0 fully saturated rings. The van der Waals surface area contributed by atoms with Crippen LogP contribution in [0.3, 0.4) is 0 Å². The first-order valence-electron chi connectivity index (χ1n) is 6.65. The second-order valence-corrected chi connectivity index (χ2v) is 5.28. The van der Waals surface area contributed by atoms with Crippen molar-refractivity contribution in [2.45, 2.75) is 13.5 Å². The highest BCUT2D eigenvalue weighted by atomic mass is 79.9. The van der Waals surface area contributed by atoms with E-state index in [2.05, 4.69) is 21.1 Å². The predicted octanol–water partition coefficient (Wildman–Crippen LogP) is 4.37. The molecule has 0 heterocycles. The number of hydrogen-bond acceptors (Lipinski definition) is 4. The number of rotatable bonds is 6. The summed E-state index contributed by atoms with van der Waals surface area (Å²) in [6.07, 6.45) is 1.30. The van der Waals surface area contributed by atoms with E-state index in [-0.39, 0.29) is 12.4 Å². The van der Waals surface area contributed by atoms with Gasteiger partial charge in [-0.1, -0.05) is 17.3 Å². The lowest BCUT2D eigenvalue weighted by Crippen LogP contribution is -2.01. The van der Waals surface area contributed by atoms with E-state index in [1.807, 2.05) is 6.92 Å². The summed E-state index contributed by atoms with van der Waals surface area (Å²) in [5.74, 6) is 0.726. The molecule has 0 amide bonds. The van der Waals surface area contributed by atoms with Gasteiger partial charge in [0.2, 0.25) is 0 Å². The Bertz CT molecular complexity index is 676. The molecule has 6 heteroatoms. The van der Waals surface area contributed by atoms with Crippen LogP contribution in [0.15, 0.2) is 46.0 Å². The number of hydrogen-bond donors (Lipinski definition) is 1. The van der Waals surface area contributed by atoms with Gasteiger partial charge in [-0.2, -0.15) is 0 Å². The molecule has 0 radical (unpaired) electrons. The lowest BCUT2D eigenvalue weighted by molar-refractivity contribution is 0.267. The summed E-state index contributed by atoms with van der Waals surface area (Å²) >= 11 is 3.40. The van der Waals surface area contributed by atoms with E-state index >= 15 is 0 Å². The largest absolute Gasteiger partial charge is 0.490 e. The predicted molar refractivity (Wildman–Crippen MR) is 85.4 cm³/mol. The minimum atomic E-state index is -0.306. The molecule has 22 heavy (non-hydrogen) atoms. The minimum Gasteiger partial charge on any atom is -0.490 e. The minimum absolute atomic E-state index is 0.212. The molecule has 0 saturated carbocycles. The molecule has 0 spiro atoms. The Hall–Kier alpha value is -2.08. The van der Waals surface area contributed by atoms with Crippen molar-refractivity contribution in [2.75, 3.05) is 6.61 Å². The van der Waals surface area contributed by atoms with E-state index in [0.29, 0.717) is 28.1 Å². The fourth-order valence-corrected chi connectivity index (χ4v) is 2.49. The summed E-state index contributed by atoms with van der Waals surface area (Å²) in [6, 6.07) is 9.66. The van der Waals surface area contributed by atoms with Gasteiger partial charge in [0, 0.05) is 5.56 Å². The summed E-state index contributed by atoms with van der Waals surface area (Å²) in [5, 5.41) is 11.6. The molecular formula is C16H15BrFNO3. The van der Waals surface area contributed by atoms with Crippen LogP contribution in [0.25, 0.3) is 0 Å². The first-order chi connectivity index (χ1) is 10.6. The summed E-state index contributed by atoms with van der Waals surface area (Å²) in [5.41, 5.74) is 1.38. The van der Waals surface area contributed by atoms with Crippen molar-refractivity contribution in [3.8, 4) is 11.5 Å². The molecule has 0 bridgehead atoms. The number of benzene rings is 2. The smallest absolute Gasteiger partial charge is 0.175 e. The van der Waals surface area contributed by atoms with Crippen LogP contribution in [-0.4, -0.2) is 18.0 Å². The first-order valence-corrected chi connectivity index (χ1v) is 7.44. The Morgan fingerprint density at radius 3 is 2.77 bits per heavy atom. The van der Waals surface area contributed by atoms with E-state index in [1.54, 1.807) is 24.3 Å².